The molecule has 0 spiro atoms. The Morgan fingerprint density at radius 3 is 2.61 bits per heavy atom. The van der Waals surface area contributed by atoms with Crippen molar-refractivity contribution in [1.82, 2.24) is 9.97 Å². The van der Waals surface area contributed by atoms with Crippen LogP contribution in [0.15, 0.2) is 36.5 Å². The van der Waals surface area contributed by atoms with Crippen molar-refractivity contribution in [2.75, 3.05) is 16.9 Å². The number of nitrogens with two attached hydrogens (primary N) is 1. The molecular formula is C12H14FN5. The van der Waals surface area contributed by atoms with Crippen LogP contribution in [0.5, 0.6) is 0 Å². The number of hydrogen-bond acceptors (Lipinski definition) is 5. The Hall–Kier alpha value is -2.21. The van der Waals surface area contributed by atoms with E-state index in [2.05, 4.69) is 15.4 Å². The van der Waals surface area contributed by atoms with Gasteiger partial charge < -0.3 is 4.90 Å². The van der Waals surface area contributed by atoms with Gasteiger partial charge in [0.15, 0.2) is 0 Å². The zero-order valence-corrected chi connectivity index (χ0v) is 9.97. The van der Waals surface area contributed by atoms with Crippen LogP contribution in [0.25, 0.3) is 0 Å². The Balaban J connectivity index is 2.35. The summed E-state index contributed by atoms with van der Waals surface area (Å²) >= 11 is 0. The first kappa shape index (κ1) is 12.3. The summed E-state index contributed by atoms with van der Waals surface area (Å²) in [6.07, 6.45) is 1.61. The molecule has 3 N–H and O–H groups in total. The summed E-state index contributed by atoms with van der Waals surface area (Å²) in [4.78, 5) is 10.1. The monoisotopic (exact) mass is 247 g/mol. The summed E-state index contributed by atoms with van der Waals surface area (Å²) in [5, 5.41) is 0. The number of aromatic nitrogens is 2. The van der Waals surface area contributed by atoms with Crippen LogP contribution >= 0.6 is 0 Å². The van der Waals surface area contributed by atoms with Crippen LogP contribution in [0.4, 0.5) is 21.8 Å². The predicted molar refractivity (Wildman–Crippen MR) is 68.9 cm³/mol. The molecule has 2 rings (SSSR count). The first-order chi connectivity index (χ1) is 8.74. The summed E-state index contributed by atoms with van der Waals surface area (Å²) in [6.45, 7) is 2.69. The van der Waals surface area contributed by atoms with Gasteiger partial charge >= 0.3 is 0 Å². The Morgan fingerprint density at radius 1 is 1.28 bits per heavy atom. The lowest BCUT2D eigenvalue weighted by atomic mass is 10.2. The van der Waals surface area contributed by atoms with E-state index in [1.165, 1.54) is 12.1 Å². The van der Waals surface area contributed by atoms with Crippen LogP contribution < -0.4 is 16.2 Å². The Labute approximate surface area is 104 Å². The number of hydrazine groups is 1. The van der Waals surface area contributed by atoms with Crippen molar-refractivity contribution in [3.63, 3.8) is 0 Å². The fourth-order valence-corrected chi connectivity index (χ4v) is 1.67. The molecule has 0 aliphatic rings. The lowest BCUT2D eigenvalue weighted by Crippen LogP contribution is -2.19. The van der Waals surface area contributed by atoms with Crippen LogP contribution in [0.2, 0.25) is 0 Å². The van der Waals surface area contributed by atoms with E-state index in [0.29, 0.717) is 18.3 Å². The van der Waals surface area contributed by atoms with Crippen molar-refractivity contribution >= 4 is 17.5 Å². The lowest BCUT2D eigenvalue weighted by Gasteiger charge is -2.22. The zero-order chi connectivity index (χ0) is 13.0. The van der Waals surface area contributed by atoms with Gasteiger partial charge in [-0.3, -0.25) is 5.43 Å². The largest absolute Gasteiger partial charge is 0.326 e. The van der Waals surface area contributed by atoms with Gasteiger partial charge in [-0.2, -0.15) is 4.98 Å². The van der Waals surface area contributed by atoms with Crippen LogP contribution in [0.3, 0.4) is 0 Å². The molecule has 1 aromatic carbocycles. The minimum Gasteiger partial charge on any atom is -0.326 e. The lowest BCUT2D eigenvalue weighted by molar-refractivity contribution is 0.628. The SMILES string of the molecule is CCN(c1ccc(F)cc1)c1ccnc(NN)n1. The van der Waals surface area contributed by atoms with E-state index < -0.39 is 0 Å². The standard InChI is InChI=1S/C12H14FN5/c1-2-18(10-5-3-9(13)4-6-10)11-7-8-15-12(16-11)17-14/h3-8H,2,14H2,1H3,(H,15,16,17). The third-order valence-electron chi connectivity index (χ3n) is 2.50. The number of rotatable bonds is 4. The van der Waals surface area contributed by atoms with Gasteiger partial charge in [0.2, 0.25) is 5.95 Å². The van der Waals surface area contributed by atoms with Crippen molar-refractivity contribution in [3.8, 4) is 0 Å². The first-order valence-corrected chi connectivity index (χ1v) is 5.57. The molecule has 0 radical (unpaired) electrons. The molecule has 18 heavy (non-hydrogen) atoms. The predicted octanol–water partition coefficient (Wildman–Crippen LogP) is 2.06. The number of halogens is 1. The van der Waals surface area contributed by atoms with Gasteiger partial charge in [-0.1, -0.05) is 0 Å². The van der Waals surface area contributed by atoms with E-state index >= 15 is 0 Å². The molecule has 5 nitrogen and oxygen atoms in total. The van der Waals surface area contributed by atoms with E-state index in [0.717, 1.165) is 5.69 Å². The maximum absolute atomic E-state index is 12.9. The van der Waals surface area contributed by atoms with E-state index in [-0.39, 0.29) is 5.82 Å². The number of hydrogen-bond donors (Lipinski definition) is 2. The van der Waals surface area contributed by atoms with Gasteiger partial charge in [0.25, 0.3) is 0 Å². The topological polar surface area (TPSA) is 67.1 Å². The molecule has 0 fully saturated rings. The molecule has 0 amide bonds. The molecule has 0 aliphatic heterocycles. The van der Waals surface area contributed by atoms with Crippen molar-refractivity contribution < 1.29 is 4.39 Å². The highest BCUT2D eigenvalue weighted by molar-refractivity contribution is 5.60. The molecule has 0 unspecified atom stereocenters. The van der Waals surface area contributed by atoms with Gasteiger partial charge in [-0.25, -0.2) is 15.2 Å². The number of nitrogens with one attached hydrogen (secondary N) is 1. The van der Waals surface area contributed by atoms with Crippen molar-refractivity contribution in [1.29, 1.82) is 0 Å². The maximum Gasteiger partial charge on any atom is 0.239 e. The van der Waals surface area contributed by atoms with E-state index in [9.17, 15) is 4.39 Å². The number of benzene rings is 1. The highest BCUT2D eigenvalue weighted by Gasteiger charge is 2.09. The van der Waals surface area contributed by atoms with Crippen molar-refractivity contribution in [2.45, 2.75) is 6.92 Å². The second kappa shape index (κ2) is 5.42. The fraction of sp³-hybridized carbons (Fsp3) is 0.167. The third kappa shape index (κ3) is 2.54. The van der Waals surface area contributed by atoms with Crippen LogP contribution in [0, 0.1) is 5.82 Å². The Kier molecular flexibility index (Phi) is 3.69. The summed E-state index contributed by atoms with van der Waals surface area (Å²) in [7, 11) is 0. The quantitative estimate of drug-likeness (QED) is 0.639. The normalized spacial score (nSPS) is 10.2. The van der Waals surface area contributed by atoms with Gasteiger partial charge in [0, 0.05) is 18.4 Å². The highest BCUT2D eigenvalue weighted by Crippen LogP contribution is 2.23. The fourth-order valence-electron chi connectivity index (χ4n) is 1.67. The van der Waals surface area contributed by atoms with E-state index in [1.54, 1.807) is 24.4 Å². The second-order valence-corrected chi connectivity index (χ2v) is 3.60. The van der Waals surface area contributed by atoms with Gasteiger partial charge in [0.1, 0.15) is 11.6 Å². The molecule has 0 bridgehead atoms. The molecule has 0 aliphatic carbocycles. The molecule has 1 aromatic heterocycles. The summed E-state index contributed by atoms with van der Waals surface area (Å²) < 4.78 is 12.9. The molecule has 1 heterocycles. The smallest absolute Gasteiger partial charge is 0.239 e. The Bertz CT molecular complexity index is 514. The Morgan fingerprint density at radius 2 is 2.00 bits per heavy atom. The summed E-state index contributed by atoms with van der Waals surface area (Å²) in [5.41, 5.74) is 3.26. The van der Waals surface area contributed by atoms with Crippen molar-refractivity contribution in [2.24, 2.45) is 5.84 Å². The van der Waals surface area contributed by atoms with Crippen LogP contribution in [0.1, 0.15) is 6.92 Å². The molecule has 0 atom stereocenters. The molecular weight excluding hydrogens is 233 g/mol. The van der Waals surface area contributed by atoms with Gasteiger partial charge in [-0.15, -0.1) is 0 Å². The minimum atomic E-state index is -0.262. The minimum absolute atomic E-state index is 0.262. The second-order valence-electron chi connectivity index (χ2n) is 3.60. The van der Waals surface area contributed by atoms with Crippen molar-refractivity contribution in [3.05, 3.63) is 42.3 Å². The number of nitrogen functional groups attached to an aromatic ring is 1. The summed E-state index contributed by atoms with van der Waals surface area (Å²) in [6, 6.07) is 8.02. The maximum atomic E-state index is 12.9. The average molecular weight is 247 g/mol. The number of anilines is 3. The summed E-state index contributed by atoms with van der Waals surface area (Å²) in [5.74, 6) is 6.06. The molecule has 6 heteroatoms. The van der Waals surface area contributed by atoms with Crippen LogP contribution in [-0.4, -0.2) is 16.5 Å². The molecule has 0 saturated heterocycles. The van der Waals surface area contributed by atoms with Gasteiger partial charge in [-0.05, 0) is 37.3 Å². The third-order valence-corrected chi connectivity index (χ3v) is 2.50. The number of nitrogens with zero attached hydrogens (tertiary/aromatic N) is 3. The van der Waals surface area contributed by atoms with Gasteiger partial charge in [0.05, 0.1) is 0 Å². The van der Waals surface area contributed by atoms with E-state index in [4.69, 9.17) is 5.84 Å². The zero-order valence-electron chi connectivity index (χ0n) is 9.97. The molecule has 94 valence electrons. The first-order valence-electron chi connectivity index (χ1n) is 5.57. The average Bonchev–Trinajstić information content (AvgIpc) is 2.42. The van der Waals surface area contributed by atoms with Crippen LogP contribution in [-0.2, 0) is 0 Å². The molecule has 0 saturated carbocycles. The molecule has 2 aromatic rings. The highest BCUT2D eigenvalue weighted by atomic mass is 19.1. The van der Waals surface area contributed by atoms with E-state index in [1.807, 2.05) is 11.8 Å².